The second-order valence-corrected chi connectivity index (χ2v) is 5.34. The molecule has 1 aromatic rings. The van der Waals surface area contributed by atoms with Crippen LogP contribution in [-0.4, -0.2) is 16.8 Å². The van der Waals surface area contributed by atoms with Crippen LogP contribution in [-0.2, 0) is 0 Å². The zero-order chi connectivity index (χ0) is 11.7. The van der Waals surface area contributed by atoms with Crippen LogP contribution < -0.4 is 5.32 Å². The lowest BCUT2D eigenvalue weighted by atomic mass is 10.1. The molecule has 2 rings (SSSR count). The van der Waals surface area contributed by atoms with Crippen LogP contribution in [0.25, 0.3) is 0 Å². The highest BCUT2D eigenvalue weighted by Crippen LogP contribution is 2.39. The van der Waals surface area contributed by atoms with Gasteiger partial charge in [0.05, 0.1) is 23.0 Å². The lowest BCUT2D eigenvalue weighted by Gasteiger charge is -2.20. The number of nitrogens with zero attached hydrogens (tertiary/aromatic N) is 2. The van der Waals surface area contributed by atoms with Crippen molar-refractivity contribution in [2.45, 2.75) is 45.2 Å². The topological polar surface area (TPSA) is 29.9 Å². The first-order valence-electron chi connectivity index (χ1n) is 6.03. The molecular formula is C12H20ClN3. The molecule has 0 amide bonds. The van der Waals surface area contributed by atoms with E-state index in [1.54, 1.807) is 6.20 Å². The zero-order valence-electron chi connectivity index (χ0n) is 10.2. The van der Waals surface area contributed by atoms with Gasteiger partial charge < -0.3 is 5.32 Å². The molecule has 1 saturated carbocycles. The van der Waals surface area contributed by atoms with E-state index in [1.165, 1.54) is 19.3 Å². The van der Waals surface area contributed by atoms with Crippen LogP contribution in [0, 0.1) is 5.92 Å². The maximum Gasteiger partial charge on any atom is 0.0834 e. The molecule has 1 aliphatic rings. The quantitative estimate of drug-likeness (QED) is 0.858. The summed E-state index contributed by atoms with van der Waals surface area (Å²) >= 11 is 6.24. The van der Waals surface area contributed by atoms with Gasteiger partial charge in [-0.2, -0.15) is 5.10 Å². The van der Waals surface area contributed by atoms with Gasteiger partial charge in [-0.15, -0.1) is 0 Å². The van der Waals surface area contributed by atoms with Crippen molar-refractivity contribution in [3.05, 3.63) is 16.9 Å². The summed E-state index contributed by atoms with van der Waals surface area (Å²) in [5, 5.41) is 8.51. The number of nitrogens with one attached hydrogen (secondary N) is 1. The SMILES string of the molecule is CNC(CC1CC1)c1c(Cl)cnn1C(C)C. The average molecular weight is 242 g/mol. The molecule has 0 bridgehead atoms. The summed E-state index contributed by atoms with van der Waals surface area (Å²) in [5.74, 6) is 0.879. The largest absolute Gasteiger partial charge is 0.312 e. The normalized spacial score (nSPS) is 18.1. The Morgan fingerprint density at radius 3 is 2.75 bits per heavy atom. The first kappa shape index (κ1) is 11.9. The van der Waals surface area contributed by atoms with Crippen molar-refractivity contribution >= 4 is 11.6 Å². The molecule has 0 aromatic carbocycles. The maximum atomic E-state index is 6.24. The van der Waals surface area contributed by atoms with Crippen molar-refractivity contribution in [2.24, 2.45) is 5.92 Å². The zero-order valence-corrected chi connectivity index (χ0v) is 11.0. The molecule has 1 fully saturated rings. The number of halogens is 1. The van der Waals surface area contributed by atoms with E-state index in [9.17, 15) is 0 Å². The minimum atomic E-state index is 0.338. The molecule has 0 saturated heterocycles. The molecule has 4 heteroatoms. The van der Waals surface area contributed by atoms with Crippen LogP contribution in [0.2, 0.25) is 5.02 Å². The first-order chi connectivity index (χ1) is 7.63. The van der Waals surface area contributed by atoms with E-state index in [4.69, 9.17) is 11.6 Å². The van der Waals surface area contributed by atoms with Crippen molar-refractivity contribution < 1.29 is 0 Å². The summed E-state index contributed by atoms with van der Waals surface area (Å²) < 4.78 is 2.03. The maximum absolute atomic E-state index is 6.24. The molecule has 1 unspecified atom stereocenters. The van der Waals surface area contributed by atoms with Crippen LogP contribution >= 0.6 is 11.6 Å². The molecule has 0 aliphatic heterocycles. The Balaban J connectivity index is 2.23. The van der Waals surface area contributed by atoms with Gasteiger partial charge in [0.1, 0.15) is 0 Å². The Labute approximate surface area is 102 Å². The lowest BCUT2D eigenvalue weighted by molar-refractivity contribution is 0.434. The van der Waals surface area contributed by atoms with Gasteiger partial charge in [0.25, 0.3) is 0 Å². The van der Waals surface area contributed by atoms with E-state index in [2.05, 4.69) is 24.3 Å². The van der Waals surface area contributed by atoms with Crippen molar-refractivity contribution in [2.75, 3.05) is 7.05 Å². The molecule has 1 aliphatic carbocycles. The van der Waals surface area contributed by atoms with Crippen LogP contribution in [0.4, 0.5) is 0 Å². The summed E-state index contributed by atoms with van der Waals surface area (Å²) in [6, 6.07) is 0.697. The summed E-state index contributed by atoms with van der Waals surface area (Å²) in [5.41, 5.74) is 1.14. The van der Waals surface area contributed by atoms with Gasteiger partial charge >= 0.3 is 0 Å². The minimum Gasteiger partial charge on any atom is -0.312 e. The van der Waals surface area contributed by atoms with Crippen molar-refractivity contribution in [1.82, 2.24) is 15.1 Å². The molecule has 1 aromatic heterocycles. The fourth-order valence-corrected chi connectivity index (χ4v) is 2.40. The van der Waals surface area contributed by atoms with E-state index >= 15 is 0 Å². The standard InChI is InChI=1S/C12H20ClN3/c1-8(2)16-12(10(13)7-15-16)11(14-3)6-9-4-5-9/h7-9,11,14H,4-6H2,1-3H3. The third-order valence-corrected chi connectivity index (χ3v) is 3.51. The molecule has 0 radical (unpaired) electrons. The fourth-order valence-electron chi connectivity index (χ4n) is 2.14. The monoisotopic (exact) mass is 241 g/mol. The molecule has 1 heterocycles. The second-order valence-electron chi connectivity index (χ2n) is 4.94. The Morgan fingerprint density at radius 1 is 1.56 bits per heavy atom. The Hall–Kier alpha value is -0.540. The minimum absolute atomic E-state index is 0.338. The predicted octanol–water partition coefficient (Wildman–Crippen LogP) is 3.18. The van der Waals surface area contributed by atoms with Crippen molar-refractivity contribution in [1.29, 1.82) is 0 Å². The number of hydrogen-bond acceptors (Lipinski definition) is 2. The Kier molecular flexibility index (Phi) is 3.55. The van der Waals surface area contributed by atoms with Gasteiger partial charge in [0, 0.05) is 6.04 Å². The van der Waals surface area contributed by atoms with Gasteiger partial charge in [-0.05, 0) is 33.2 Å². The van der Waals surface area contributed by atoms with Gasteiger partial charge in [-0.1, -0.05) is 24.4 Å². The van der Waals surface area contributed by atoms with Gasteiger partial charge in [-0.25, -0.2) is 0 Å². The number of aromatic nitrogens is 2. The van der Waals surface area contributed by atoms with Gasteiger partial charge in [-0.3, -0.25) is 4.68 Å². The predicted molar refractivity (Wildman–Crippen MR) is 66.8 cm³/mol. The Morgan fingerprint density at radius 2 is 2.25 bits per heavy atom. The van der Waals surface area contributed by atoms with Crippen LogP contribution in [0.15, 0.2) is 6.20 Å². The third-order valence-electron chi connectivity index (χ3n) is 3.22. The summed E-state index contributed by atoms with van der Waals surface area (Å²) in [7, 11) is 2.00. The van der Waals surface area contributed by atoms with E-state index in [-0.39, 0.29) is 0 Å². The molecular weight excluding hydrogens is 222 g/mol. The van der Waals surface area contributed by atoms with Crippen molar-refractivity contribution in [3.63, 3.8) is 0 Å². The lowest BCUT2D eigenvalue weighted by Crippen LogP contribution is -2.22. The average Bonchev–Trinajstić information content (AvgIpc) is 2.97. The number of rotatable bonds is 5. The van der Waals surface area contributed by atoms with E-state index < -0.39 is 0 Å². The van der Waals surface area contributed by atoms with Crippen molar-refractivity contribution in [3.8, 4) is 0 Å². The van der Waals surface area contributed by atoms with Crippen LogP contribution in [0.3, 0.4) is 0 Å². The Bertz CT molecular complexity index is 355. The molecule has 90 valence electrons. The van der Waals surface area contributed by atoms with E-state index in [0.717, 1.165) is 16.6 Å². The summed E-state index contributed by atoms with van der Waals surface area (Å²) in [4.78, 5) is 0. The highest BCUT2D eigenvalue weighted by molar-refractivity contribution is 6.31. The molecule has 1 atom stereocenters. The highest BCUT2D eigenvalue weighted by Gasteiger charge is 2.28. The number of hydrogen-bond donors (Lipinski definition) is 1. The third kappa shape index (κ3) is 2.41. The van der Waals surface area contributed by atoms with E-state index in [0.29, 0.717) is 12.1 Å². The smallest absolute Gasteiger partial charge is 0.0834 e. The van der Waals surface area contributed by atoms with E-state index in [1.807, 2.05) is 11.7 Å². The van der Waals surface area contributed by atoms with Gasteiger partial charge in [0.2, 0.25) is 0 Å². The molecule has 3 nitrogen and oxygen atoms in total. The first-order valence-corrected chi connectivity index (χ1v) is 6.41. The molecule has 0 spiro atoms. The molecule has 16 heavy (non-hydrogen) atoms. The fraction of sp³-hybridized carbons (Fsp3) is 0.750. The summed E-state index contributed by atoms with van der Waals surface area (Å²) in [6.45, 7) is 4.27. The summed E-state index contributed by atoms with van der Waals surface area (Å²) in [6.07, 6.45) is 5.67. The highest BCUT2D eigenvalue weighted by atomic mass is 35.5. The van der Waals surface area contributed by atoms with Crippen LogP contribution in [0.5, 0.6) is 0 Å². The molecule has 1 N–H and O–H groups in total. The van der Waals surface area contributed by atoms with Gasteiger partial charge in [0.15, 0.2) is 0 Å². The van der Waals surface area contributed by atoms with Crippen LogP contribution in [0.1, 0.15) is 50.9 Å². The second kappa shape index (κ2) is 4.76.